The number of carboxylic acids is 1. The van der Waals surface area contributed by atoms with Gasteiger partial charge in [-0.15, -0.1) is 0 Å². The zero-order valence-corrected chi connectivity index (χ0v) is 15.4. The number of aryl methyl sites for hydroxylation is 1. The molecule has 0 unspecified atom stereocenters. The average molecular weight is 379 g/mol. The highest BCUT2D eigenvalue weighted by atomic mass is 16.4. The van der Waals surface area contributed by atoms with E-state index < -0.39 is 17.5 Å². The lowest BCUT2D eigenvalue weighted by Crippen LogP contribution is -2.54. The molecule has 0 saturated heterocycles. The number of hydrogen-bond acceptors (Lipinski definition) is 4. The molecule has 28 heavy (non-hydrogen) atoms. The Bertz CT molecular complexity index is 1070. The monoisotopic (exact) mass is 379 g/mol. The molecule has 1 aromatic heterocycles. The molecule has 0 radical (unpaired) electrons. The Morgan fingerprint density at radius 3 is 2.75 bits per heavy atom. The molecular weight excluding hydrogens is 358 g/mol. The second kappa shape index (κ2) is 6.76. The van der Waals surface area contributed by atoms with E-state index in [1.54, 1.807) is 18.5 Å². The number of nitrogens with one attached hydrogen (secondary N) is 1. The van der Waals surface area contributed by atoms with Gasteiger partial charge in [0.05, 0.1) is 22.6 Å². The maximum Gasteiger partial charge on any atom is 0.306 e. The van der Waals surface area contributed by atoms with E-state index in [1.165, 1.54) is 0 Å². The number of carbonyl (C=O) groups is 2. The number of aromatic nitrogens is 2. The fourth-order valence-electron chi connectivity index (χ4n) is 3.66. The Labute approximate surface area is 161 Å². The molecule has 1 amide bonds. The van der Waals surface area contributed by atoms with Crippen LogP contribution >= 0.6 is 0 Å². The number of nitrogens with zero attached hydrogens (tertiary/aromatic N) is 2. The molecule has 2 aromatic carbocycles. The van der Waals surface area contributed by atoms with Crippen LogP contribution in [0.3, 0.4) is 0 Å². The van der Waals surface area contributed by atoms with Crippen molar-refractivity contribution in [1.82, 2.24) is 14.9 Å². The molecule has 4 rings (SSSR count). The summed E-state index contributed by atoms with van der Waals surface area (Å²) < 4.78 is 1.97. The summed E-state index contributed by atoms with van der Waals surface area (Å²) in [5.74, 6) is -1.77. The van der Waals surface area contributed by atoms with Crippen LogP contribution in [-0.4, -0.2) is 43.8 Å². The molecule has 1 heterocycles. The Morgan fingerprint density at radius 1 is 1.25 bits per heavy atom. The van der Waals surface area contributed by atoms with Crippen LogP contribution in [0.15, 0.2) is 48.8 Å². The summed E-state index contributed by atoms with van der Waals surface area (Å²) in [4.78, 5) is 27.7. The first-order chi connectivity index (χ1) is 13.3. The van der Waals surface area contributed by atoms with Crippen LogP contribution in [0.25, 0.3) is 16.7 Å². The van der Waals surface area contributed by atoms with Crippen molar-refractivity contribution in [3.8, 4) is 5.69 Å². The number of carboxylic acid groups (broad SMARTS) is 1. The minimum absolute atomic E-state index is 0.0331. The molecule has 7 nitrogen and oxygen atoms in total. The van der Waals surface area contributed by atoms with E-state index in [0.29, 0.717) is 11.1 Å². The van der Waals surface area contributed by atoms with Crippen molar-refractivity contribution < 1.29 is 19.8 Å². The van der Waals surface area contributed by atoms with Crippen molar-refractivity contribution in [2.45, 2.75) is 25.4 Å². The topological polar surface area (TPSA) is 104 Å². The summed E-state index contributed by atoms with van der Waals surface area (Å²) in [6.45, 7) is 2.06. The van der Waals surface area contributed by atoms with E-state index >= 15 is 0 Å². The SMILES string of the molecule is Cc1cccc(-n2cnc3cc(C(=O)NCC4(O)CC(C(=O)O)C4)ccc32)c1. The van der Waals surface area contributed by atoms with Gasteiger partial charge in [0, 0.05) is 17.8 Å². The molecule has 7 heteroatoms. The molecule has 1 saturated carbocycles. The van der Waals surface area contributed by atoms with E-state index in [-0.39, 0.29) is 25.3 Å². The van der Waals surface area contributed by atoms with Gasteiger partial charge < -0.3 is 15.5 Å². The van der Waals surface area contributed by atoms with Crippen LogP contribution < -0.4 is 5.32 Å². The molecule has 0 aliphatic heterocycles. The van der Waals surface area contributed by atoms with Crippen LogP contribution in [0.1, 0.15) is 28.8 Å². The van der Waals surface area contributed by atoms with Gasteiger partial charge in [-0.3, -0.25) is 14.2 Å². The van der Waals surface area contributed by atoms with Crippen molar-refractivity contribution in [2.24, 2.45) is 5.92 Å². The summed E-state index contributed by atoms with van der Waals surface area (Å²) in [5.41, 5.74) is 3.04. The van der Waals surface area contributed by atoms with Crippen LogP contribution in [0.2, 0.25) is 0 Å². The highest BCUT2D eigenvalue weighted by Crippen LogP contribution is 2.37. The molecular formula is C21H21N3O4. The van der Waals surface area contributed by atoms with Gasteiger partial charge in [0.1, 0.15) is 6.33 Å². The van der Waals surface area contributed by atoms with Crippen molar-refractivity contribution >= 4 is 22.9 Å². The quantitative estimate of drug-likeness (QED) is 0.631. The molecule has 1 aliphatic carbocycles. The Balaban J connectivity index is 1.48. The number of imidazole rings is 1. The number of hydrogen-bond donors (Lipinski definition) is 3. The first kappa shape index (κ1) is 18.2. The number of fused-ring (bicyclic) bond motifs is 1. The summed E-state index contributed by atoms with van der Waals surface area (Å²) in [6, 6.07) is 13.3. The van der Waals surface area contributed by atoms with Crippen molar-refractivity contribution in [1.29, 1.82) is 0 Å². The number of aliphatic carboxylic acids is 1. The summed E-state index contributed by atoms with van der Waals surface area (Å²) in [5, 5.41) is 21.9. The fraction of sp³-hybridized carbons (Fsp3) is 0.286. The molecule has 3 aromatic rings. The third kappa shape index (κ3) is 3.36. The second-order valence-electron chi connectivity index (χ2n) is 7.51. The van der Waals surface area contributed by atoms with Gasteiger partial charge >= 0.3 is 5.97 Å². The predicted molar refractivity (Wildman–Crippen MR) is 103 cm³/mol. The molecule has 144 valence electrons. The van der Waals surface area contributed by atoms with Crippen LogP contribution in [0.4, 0.5) is 0 Å². The zero-order valence-electron chi connectivity index (χ0n) is 15.4. The lowest BCUT2D eigenvalue weighted by molar-refractivity contribution is -0.157. The minimum atomic E-state index is -1.14. The van der Waals surface area contributed by atoms with Crippen LogP contribution in [0.5, 0.6) is 0 Å². The lowest BCUT2D eigenvalue weighted by Gasteiger charge is -2.41. The largest absolute Gasteiger partial charge is 0.481 e. The average Bonchev–Trinajstić information content (AvgIpc) is 3.07. The fourth-order valence-corrected chi connectivity index (χ4v) is 3.66. The van der Waals surface area contributed by atoms with E-state index in [9.17, 15) is 14.7 Å². The van der Waals surface area contributed by atoms with Gasteiger partial charge in [-0.1, -0.05) is 12.1 Å². The highest BCUT2D eigenvalue weighted by molar-refractivity contribution is 5.97. The number of benzene rings is 2. The summed E-state index contributed by atoms with van der Waals surface area (Å²) in [7, 11) is 0. The zero-order chi connectivity index (χ0) is 19.9. The molecule has 3 N–H and O–H groups in total. The molecule has 0 atom stereocenters. The van der Waals surface area contributed by atoms with Crippen LogP contribution in [-0.2, 0) is 4.79 Å². The van der Waals surface area contributed by atoms with Crippen molar-refractivity contribution in [3.05, 3.63) is 59.9 Å². The van der Waals surface area contributed by atoms with Crippen LogP contribution in [0, 0.1) is 12.8 Å². The van der Waals surface area contributed by atoms with Gasteiger partial charge in [-0.2, -0.15) is 0 Å². The standard InChI is InChI=1S/C21H21N3O4/c1-13-3-2-4-16(7-13)24-12-23-17-8-14(5-6-18(17)24)19(25)22-11-21(28)9-15(10-21)20(26)27/h2-8,12,15,28H,9-11H2,1H3,(H,22,25)(H,26,27). The molecule has 0 spiro atoms. The van der Waals surface area contributed by atoms with Crippen molar-refractivity contribution in [3.63, 3.8) is 0 Å². The first-order valence-electron chi connectivity index (χ1n) is 9.12. The maximum atomic E-state index is 12.4. The first-order valence-corrected chi connectivity index (χ1v) is 9.12. The second-order valence-corrected chi connectivity index (χ2v) is 7.51. The number of rotatable bonds is 5. The Morgan fingerprint density at radius 2 is 2.04 bits per heavy atom. The van der Waals surface area contributed by atoms with E-state index in [1.807, 2.05) is 35.8 Å². The van der Waals surface area contributed by atoms with Gasteiger partial charge in [-0.25, -0.2) is 4.98 Å². The minimum Gasteiger partial charge on any atom is -0.481 e. The lowest BCUT2D eigenvalue weighted by atomic mass is 9.71. The predicted octanol–water partition coefficient (Wildman–Crippen LogP) is 2.29. The Kier molecular flexibility index (Phi) is 4.39. The van der Waals surface area contributed by atoms with Gasteiger partial charge in [0.15, 0.2) is 0 Å². The van der Waals surface area contributed by atoms with Gasteiger partial charge in [-0.05, 0) is 55.7 Å². The third-order valence-corrected chi connectivity index (χ3v) is 5.27. The third-order valence-electron chi connectivity index (χ3n) is 5.27. The highest BCUT2D eigenvalue weighted by Gasteiger charge is 2.46. The van der Waals surface area contributed by atoms with E-state index in [0.717, 1.165) is 16.8 Å². The number of carbonyl (C=O) groups excluding carboxylic acids is 1. The van der Waals surface area contributed by atoms with Crippen molar-refractivity contribution in [2.75, 3.05) is 6.54 Å². The number of amides is 1. The summed E-state index contributed by atoms with van der Waals surface area (Å²) in [6.07, 6.45) is 2.04. The van der Waals surface area contributed by atoms with E-state index in [4.69, 9.17) is 5.11 Å². The molecule has 1 fully saturated rings. The van der Waals surface area contributed by atoms with Gasteiger partial charge in [0.25, 0.3) is 5.91 Å². The number of aliphatic hydroxyl groups is 1. The van der Waals surface area contributed by atoms with Gasteiger partial charge in [0.2, 0.25) is 0 Å². The molecule has 1 aliphatic rings. The maximum absolute atomic E-state index is 12.4. The smallest absolute Gasteiger partial charge is 0.306 e. The Hall–Kier alpha value is -3.19. The normalized spacial score (nSPS) is 21.3. The molecule has 0 bridgehead atoms. The summed E-state index contributed by atoms with van der Waals surface area (Å²) >= 11 is 0. The van der Waals surface area contributed by atoms with E-state index in [2.05, 4.69) is 16.4 Å².